The minimum absolute atomic E-state index is 0.478. The molecule has 0 unspecified atom stereocenters. The Morgan fingerprint density at radius 3 is 2.60 bits per heavy atom. The van der Waals surface area contributed by atoms with Crippen LogP contribution in [0.2, 0.25) is 0 Å². The Morgan fingerprint density at radius 1 is 1.50 bits per heavy atom. The third kappa shape index (κ3) is 1.59. The smallest absolute Gasteiger partial charge is 0.133 e. The van der Waals surface area contributed by atoms with Crippen LogP contribution in [-0.4, -0.2) is 5.78 Å². The van der Waals surface area contributed by atoms with Crippen molar-refractivity contribution in [2.24, 2.45) is 11.8 Å². The normalized spacial score (nSPS) is 33.2. The highest BCUT2D eigenvalue weighted by atomic mass is 16.1. The van der Waals surface area contributed by atoms with Gasteiger partial charge < -0.3 is 0 Å². The van der Waals surface area contributed by atoms with Gasteiger partial charge in [0.25, 0.3) is 0 Å². The molecule has 0 radical (unpaired) electrons. The Morgan fingerprint density at radius 2 is 2.20 bits per heavy atom. The summed E-state index contributed by atoms with van der Waals surface area (Å²) < 4.78 is 0. The summed E-state index contributed by atoms with van der Waals surface area (Å²) in [7, 11) is 0. The largest absolute Gasteiger partial charge is 0.300 e. The SMILES string of the molecule is CCC[C@H]1CC(=O)C[C@@H]1C. The van der Waals surface area contributed by atoms with E-state index in [1.165, 1.54) is 12.8 Å². The van der Waals surface area contributed by atoms with Crippen molar-refractivity contribution >= 4 is 5.78 Å². The quantitative estimate of drug-likeness (QED) is 0.575. The van der Waals surface area contributed by atoms with Crippen molar-refractivity contribution in [3.05, 3.63) is 0 Å². The fourth-order valence-electron chi connectivity index (χ4n) is 1.86. The molecule has 0 heterocycles. The summed E-state index contributed by atoms with van der Waals surface area (Å²) in [5.41, 5.74) is 0. The number of carbonyl (C=O) groups is 1. The zero-order chi connectivity index (χ0) is 7.56. The first-order valence-corrected chi connectivity index (χ1v) is 4.25. The highest BCUT2D eigenvalue weighted by Crippen LogP contribution is 2.31. The molecule has 2 atom stereocenters. The van der Waals surface area contributed by atoms with Crippen LogP contribution in [0, 0.1) is 11.8 Å². The molecule has 0 bridgehead atoms. The lowest BCUT2D eigenvalue weighted by Crippen LogP contribution is -2.02. The molecule has 1 aliphatic carbocycles. The van der Waals surface area contributed by atoms with Gasteiger partial charge in [-0.1, -0.05) is 26.7 Å². The predicted octanol–water partition coefficient (Wildman–Crippen LogP) is 2.40. The predicted molar refractivity (Wildman–Crippen MR) is 41.8 cm³/mol. The monoisotopic (exact) mass is 140 g/mol. The van der Waals surface area contributed by atoms with Gasteiger partial charge in [0.2, 0.25) is 0 Å². The van der Waals surface area contributed by atoms with Crippen molar-refractivity contribution in [2.75, 3.05) is 0 Å². The molecule has 10 heavy (non-hydrogen) atoms. The molecule has 0 aromatic heterocycles. The van der Waals surface area contributed by atoms with Crippen molar-refractivity contribution in [3.63, 3.8) is 0 Å². The third-order valence-corrected chi connectivity index (χ3v) is 2.50. The first kappa shape index (κ1) is 7.77. The van der Waals surface area contributed by atoms with Gasteiger partial charge in [0, 0.05) is 12.8 Å². The van der Waals surface area contributed by atoms with Crippen LogP contribution in [0.25, 0.3) is 0 Å². The number of hydrogen-bond acceptors (Lipinski definition) is 1. The molecule has 1 rings (SSSR count). The van der Waals surface area contributed by atoms with E-state index in [1.807, 2.05) is 0 Å². The Kier molecular flexibility index (Phi) is 2.47. The van der Waals surface area contributed by atoms with Crippen LogP contribution >= 0.6 is 0 Å². The molecule has 0 amide bonds. The summed E-state index contributed by atoms with van der Waals surface area (Å²) in [6.45, 7) is 4.39. The van der Waals surface area contributed by atoms with Gasteiger partial charge >= 0.3 is 0 Å². The van der Waals surface area contributed by atoms with Gasteiger partial charge in [-0.25, -0.2) is 0 Å². The topological polar surface area (TPSA) is 17.1 Å². The zero-order valence-corrected chi connectivity index (χ0v) is 6.89. The zero-order valence-electron chi connectivity index (χ0n) is 6.89. The summed E-state index contributed by atoms with van der Waals surface area (Å²) in [5.74, 6) is 1.84. The second-order valence-electron chi connectivity index (χ2n) is 3.47. The van der Waals surface area contributed by atoms with Crippen LogP contribution < -0.4 is 0 Å². The van der Waals surface area contributed by atoms with Crippen LogP contribution in [0.3, 0.4) is 0 Å². The average molecular weight is 140 g/mol. The molecule has 0 aromatic carbocycles. The lowest BCUT2D eigenvalue weighted by molar-refractivity contribution is -0.117. The van der Waals surface area contributed by atoms with Gasteiger partial charge in [0.05, 0.1) is 0 Å². The maximum atomic E-state index is 10.9. The van der Waals surface area contributed by atoms with E-state index >= 15 is 0 Å². The molecule has 1 nitrogen and oxygen atoms in total. The second kappa shape index (κ2) is 3.18. The Bertz CT molecular complexity index is 129. The second-order valence-corrected chi connectivity index (χ2v) is 3.47. The van der Waals surface area contributed by atoms with E-state index in [1.54, 1.807) is 0 Å². The minimum atomic E-state index is 0.478. The van der Waals surface area contributed by atoms with E-state index in [9.17, 15) is 4.79 Å². The van der Waals surface area contributed by atoms with Crippen molar-refractivity contribution in [3.8, 4) is 0 Å². The van der Waals surface area contributed by atoms with Gasteiger partial charge in [0.1, 0.15) is 5.78 Å². The molecule has 0 aromatic rings. The van der Waals surface area contributed by atoms with E-state index in [-0.39, 0.29) is 0 Å². The highest BCUT2D eigenvalue weighted by Gasteiger charge is 2.28. The van der Waals surface area contributed by atoms with Gasteiger partial charge in [0.15, 0.2) is 0 Å². The number of rotatable bonds is 2. The van der Waals surface area contributed by atoms with Crippen LogP contribution in [-0.2, 0) is 4.79 Å². The molecule has 0 spiro atoms. The molecule has 0 aliphatic heterocycles. The number of carbonyl (C=O) groups excluding carboxylic acids is 1. The third-order valence-electron chi connectivity index (χ3n) is 2.50. The molecule has 1 saturated carbocycles. The van der Waals surface area contributed by atoms with Crippen molar-refractivity contribution in [1.29, 1.82) is 0 Å². The summed E-state index contributed by atoms with van der Waals surface area (Å²) in [4.78, 5) is 10.9. The van der Waals surface area contributed by atoms with E-state index in [2.05, 4.69) is 13.8 Å². The van der Waals surface area contributed by atoms with Crippen LogP contribution in [0.4, 0.5) is 0 Å². The highest BCUT2D eigenvalue weighted by molar-refractivity contribution is 5.81. The molecular formula is C9H16O. The Labute approximate surface area is 62.8 Å². The molecule has 1 aliphatic rings. The van der Waals surface area contributed by atoms with Gasteiger partial charge in [-0.3, -0.25) is 4.79 Å². The molecule has 0 N–H and O–H groups in total. The van der Waals surface area contributed by atoms with Crippen molar-refractivity contribution < 1.29 is 4.79 Å². The van der Waals surface area contributed by atoms with E-state index in [0.29, 0.717) is 17.6 Å². The average Bonchev–Trinajstić information content (AvgIpc) is 2.13. The number of ketones is 1. The van der Waals surface area contributed by atoms with Crippen LogP contribution in [0.5, 0.6) is 0 Å². The summed E-state index contributed by atoms with van der Waals surface area (Å²) in [6, 6.07) is 0. The summed E-state index contributed by atoms with van der Waals surface area (Å²) >= 11 is 0. The molecule has 1 fully saturated rings. The summed E-state index contributed by atoms with van der Waals surface area (Å²) in [5, 5.41) is 0. The first-order valence-electron chi connectivity index (χ1n) is 4.25. The summed E-state index contributed by atoms with van der Waals surface area (Å²) in [6.07, 6.45) is 4.16. The molecule has 1 heteroatoms. The fourth-order valence-corrected chi connectivity index (χ4v) is 1.86. The van der Waals surface area contributed by atoms with E-state index in [4.69, 9.17) is 0 Å². The van der Waals surface area contributed by atoms with Crippen molar-refractivity contribution in [1.82, 2.24) is 0 Å². The van der Waals surface area contributed by atoms with Gasteiger partial charge in [-0.15, -0.1) is 0 Å². The lowest BCUT2D eigenvalue weighted by atomic mass is 9.94. The standard InChI is InChI=1S/C9H16O/c1-3-4-8-6-9(10)5-7(8)2/h7-8H,3-6H2,1-2H3/t7-,8-/m0/s1. The molecule has 58 valence electrons. The van der Waals surface area contributed by atoms with Crippen molar-refractivity contribution in [2.45, 2.75) is 39.5 Å². The maximum Gasteiger partial charge on any atom is 0.133 e. The van der Waals surface area contributed by atoms with Gasteiger partial charge in [-0.05, 0) is 11.8 Å². The lowest BCUT2D eigenvalue weighted by Gasteiger charge is -2.11. The minimum Gasteiger partial charge on any atom is -0.300 e. The van der Waals surface area contributed by atoms with E-state index in [0.717, 1.165) is 12.8 Å². The number of Topliss-reactive ketones (excluding diaryl/α,β-unsaturated/α-hetero) is 1. The maximum absolute atomic E-state index is 10.9. The first-order chi connectivity index (χ1) is 4.74. The van der Waals surface area contributed by atoms with Crippen LogP contribution in [0.1, 0.15) is 39.5 Å². The van der Waals surface area contributed by atoms with E-state index < -0.39 is 0 Å². The molecule has 0 saturated heterocycles. The Hall–Kier alpha value is -0.330. The fraction of sp³-hybridized carbons (Fsp3) is 0.889. The number of hydrogen-bond donors (Lipinski definition) is 0. The molecular weight excluding hydrogens is 124 g/mol. The Balaban J connectivity index is 2.38. The van der Waals surface area contributed by atoms with Gasteiger partial charge in [-0.2, -0.15) is 0 Å². The van der Waals surface area contributed by atoms with Crippen LogP contribution in [0.15, 0.2) is 0 Å².